The first-order valence-electron chi connectivity index (χ1n) is 6.51. The van der Waals surface area contributed by atoms with Crippen LogP contribution in [0.4, 0.5) is 5.69 Å². The van der Waals surface area contributed by atoms with Crippen LogP contribution in [0.1, 0.15) is 18.4 Å². The summed E-state index contributed by atoms with van der Waals surface area (Å²) in [4.78, 5) is 13.9. The molecule has 1 amide bonds. The SMILES string of the molecule is O=C(CN1CCCCc2ccccc21)NCCO. The van der Waals surface area contributed by atoms with Gasteiger partial charge in [0.1, 0.15) is 0 Å². The molecule has 1 aromatic carbocycles. The van der Waals surface area contributed by atoms with Gasteiger partial charge in [-0.3, -0.25) is 4.79 Å². The second-order valence-corrected chi connectivity index (χ2v) is 4.58. The van der Waals surface area contributed by atoms with Crippen molar-refractivity contribution >= 4 is 11.6 Å². The van der Waals surface area contributed by atoms with E-state index in [-0.39, 0.29) is 12.5 Å². The zero-order valence-corrected chi connectivity index (χ0v) is 10.6. The molecule has 4 heteroatoms. The predicted octanol–water partition coefficient (Wildman–Crippen LogP) is 0.938. The fourth-order valence-electron chi connectivity index (χ4n) is 2.36. The van der Waals surface area contributed by atoms with Gasteiger partial charge in [0.15, 0.2) is 0 Å². The molecular weight excluding hydrogens is 228 g/mol. The Labute approximate surface area is 108 Å². The van der Waals surface area contributed by atoms with E-state index in [1.54, 1.807) is 0 Å². The average molecular weight is 248 g/mol. The van der Waals surface area contributed by atoms with Crippen molar-refractivity contribution in [1.82, 2.24) is 5.32 Å². The molecule has 2 rings (SSSR count). The van der Waals surface area contributed by atoms with Crippen molar-refractivity contribution in [3.8, 4) is 0 Å². The number of amides is 1. The second kappa shape index (κ2) is 6.40. The Morgan fingerprint density at radius 3 is 3.00 bits per heavy atom. The molecule has 1 heterocycles. The Balaban J connectivity index is 2.06. The van der Waals surface area contributed by atoms with Crippen LogP contribution in [0.5, 0.6) is 0 Å². The van der Waals surface area contributed by atoms with Gasteiger partial charge in [-0.2, -0.15) is 0 Å². The minimum absolute atomic E-state index is 0.0116. The molecular formula is C14H20N2O2. The lowest BCUT2D eigenvalue weighted by molar-refractivity contribution is -0.119. The number of carbonyl (C=O) groups is 1. The summed E-state index contributed by atoms with van der Waals surface area (Å²) in [6.45, 7) is 1.61. The normalized spacial score (nSPS) is 14.8. The van der Waals surface area contributed by atoms with Crippen molar-refractivity contribution in [2.24, 2.45) is 0 Å². The van der Waals surface area contributed by atoms with E-state index in [0.717, 1.165) is 19.4 Å². The lowest BCUT2D eigenvalue weighted by Gasteiger charge is -2.24. The maximum atomic E-state index is 11.7. The fourth-order valence-corrected chi connectivity index (χ4v) is 2.36. The second-order valence-electron chi connectivity index (χ2n) is 4.58. The third-order valence-electron chi connectivity index (χ3n) is 3.22. The molecule has 0 unspecified atom stereocenters. The summed E-state index contributed by atoms with van der Waals surface area (Å²) in [6.07, 6.45) is 3.37. The summed E-state index contributed by atoms with van der Waals surface area (Å²) in [5.74, 6) is -0.0271. The molecule has 18 heavy (non-hydrogen) atoms. The lowest BCUT2D eigenvalue weighted by atomic mass is 10.1. The van der Waals surface area contributed by atoms with Crippen molar-refractivity contribution in [3.63, 3.8) is 0 Å². The third kappa shape index (κ3) is 3.23. The number of hydrogen-bond acceptors (Lipinski definition) is 3. The van der Waals surface area contributed by atoms with Gasteiger partial charge < -0.3 is 15.3 Å². The molecule has 1 aliphatic rings. The summed E-state index contributed by atoms with van der Waals surface area (Å²) in [5.41, 5.74) is 2.50. The van der Waals surface area contributed by atoms with E-state index >= 15 is 0 Å². The van der Waals surface area contributed by atoms with Crippen LogP contribution in [-0.4, -0.2) is 37.3 Å². The Kier molecular flexibility index (Phi) is 4.59. The Hall–Kier alpha value is -1.55. The maximum Gasteiger partial charge on any atom is 0.239 e. The molecule has 0 aliphatic carbocycles. The summed E-state index contributed by atoms with van der Waals surface area (Å²) in [6, 6.07) is 8.29. The highest BCUT2D eigenvalue weighted by molar-refractivity contribution is 5.81. The first kappa shape index (κ1) is 12.9. The van der Waals surface area contributed by atoms with Crippen LogP contribution in [-0.2, 0) is 11.2 Å². The van der Waals surface area contributed by atoms with E-state index in [0.29, 0.717) is 13.1 Å². The van der Waals surface area contributed by atoms with Gasteiger partial charge in [-0.1, -0.05) is 18.2 Å². The maximum absolute atomic E-state index is 11.7. The number of aliphatic hydroxyl groups is 1. The van der Waals surface area contributed by atoms with Crippen LogP contribution in [0.25, 0.3) is 0 Å². The summed E-state index contributed by atoms with van der Waals surface area (Å²) in [5, 5.41) is 11.4. The van der Waals surface area contributed by atoms with Crippen molar-refractivity contribution < 1.29 is 9.90 Å². The zero-order valence-electron chi connectivity index (χ0n) is 10.6. The number of benzene rings is 1. The molecule has 4 nitrogen and oxygen atoms in total. The Morgan fingerprint density at radius 1 is 1.33 bits per heavy atom. The number of nitrogens with zero attached hydrogens (tertiary/aromatic N) is 1. The van der Waals surface area contributed by atoms with Crippen LogP contribution < -0.4 is 10.2 Å². The third-order valence-corrected chi connectivity index (χ3v) is 3.22. The largest absolute Gasteiger partial charge is 0.395 e. The molecule has 0 spiro atoms. The van der Waals surface area contributed by atoms with Gasteiger partial charge in [-0.15, -0.1) is 0 Å². The number of fused-ring (bicyclic) bond motifs is 1. The molecule has 0 fully saturated rings. The van der Waals surface area contributed by atoms with Gasteiger partial charge in [0.2, 0.25) is 5.91 Å². The van der Waals surface area contributed by atoms with E-state index in [4.69, 9.17) is 5.11 Å². The molecule has 2 N–H and O–H groups in total. The van der Waals surface area contributed by atoms with Crippen molar-refractivity contribution in [1.29, 1.82) is 0 Å². The van der Waals surface area contributed by atoms with Gasteiger partial charge in [0.05, 0.1) is 13.2 Å². The summed E-state index contributed by atoms with van der Waals surface area (Å²) >= 11 is 0. The monoisotopic (exact) mass is 248 g/mol. The number of aliphatic hydroxyl groups excluding tert-OH is 1. The van der Waals surface area contributed by atoms with Gasteiger partial charge in [-0.05, 0) is 30.9 Å². The first-order valence-corrected chi connectivity index (χ1v) is 6.51. The van der Waals surface area contributed by atoms with Gasteiger partial charge in [0, 0.05) is 18.8 Å². The van der Waals surface area contributed by atoms with Crippen LogP contribution in [0.3, 0.4) is 0 Å². The quantitative estimate of drug-likeness (QED) is 0.833. The number of nitrogens with one attached hydrogen (secondary N) is 1. The minimum atomic E-state index is -0.0271. The summed E-state index contributed by atoms with van der Waals surface area (Å²) < 4.78 is 0. The molecule has 0 bridgehead atoms. The van der Waals surface area contributed by atoms with Gasteiger partial charge in [0.25, 0.3) is 0 Å². The van der Waals surface area contributed by atoms with E-state index in [9.17, 15) is 4.79 Å². The Bertz CT molecular complexity index is 407. The number of hydrogen-bond donors (Lipinski definition) is 2. The topological polar surface area (TPSA) is 52.6 Å². The molecule has 0 atom stereocenters. The highest BCUT2D eigenvalue weighted by Crippen LogP contribution is 2.25. The highest BCUT2D eigenvalue weighted by Gasteiger charge is 2.16. The smallest absolute Gasteiger partial charge is 0.239 e. The Morgan fingerprint density at radius 2 is 2.17 bits per heavy atom. The molecule has 0 saturated heterocycles. The van der Waals surface area contributed by atoms with Crippen molar-refractivity contribution in [3.05, 3.63) is 29.8 Å². The van der Waals surface area contributed by atoms with Crippen LogP contribution in [0, 0.1) is 0 Å². The molecule has 0 radical (unpaired) electrons. The fraction of sp³-hybridized carbons (Fsp3) is 0.500. The molecule has 98 valence electrons. The molecule has 0 saturated carbocycles. The minimum Gasteiger partial charge on any atom is -0.395 e. The average Bonchev–Trinajstić information content (AvgIpc) is 2.59. The summed E-state index contributed by atoms with van der Waals surface area (Å²) in [7, 11) is 0. The first-order chi connectivity index (χ1) is 8.81. The highest BCUT2D eigenvalue weighted by atomic mass is 16.3. The van der Waals surface area contributed by atoms with Gasteiger partial charge >= 0.3 is 0 Å². The van der Waals surface area contributed by atoms with Crippen LogP contribution in [0.2, 0.25) is 0 Å². The lowest BCUT2D eigenvalue weighted by Crippen LogP contribution is -2.38. The van der Waals surface area contributed by atoms with Crippen LogP contribution >= 0.6 is 0 Å². The van der Waals surface area contributed by atoms with E-state index in [1.165, 1.54) is 17.7 Å². The van der Waals surface area contributed by atoms with Crippen molar-refractivity contribution in [2.45, 2.75) is 19.3 Å². The van der Waals surface area contributed by atoms with Gasteiger partial charge in [-0.25, -0.2) is 0 Å². The number of anilines is 1. The number of aryl methyl sites for hydroxylation is 1. The van der Waals surface area contributed by atoms with E-state index in [2.05, 4.69) is 22.3 Å². The molecule has 1 aliphatic heterocycles. The molecule has 1 aromatic rings. The van der Waals surface area contributed by atoms with E-state index in [1.807, 2.05) is 12.1 Å². The number of rotatable bonds is 4. The number of para-hydroxylation sites is 1. The predicted molar refractivity (Wildman–Crippen MR) is 71.7 cm³/mol. The van der Waals surface area contributed by atoms with Crippen molar-refractivity contribution in [2.75, 3.05) is 31.1 Å². The standard InChI is InChI=1S/C14H20N2O2/c17-10-8-15-14(18)11-16-9-4-3-6-12-5-1-2-7-13(12)16/h1-2,5,7,17H,3-4,6,8-11H2,(H,15,18). The van der Waals surface area contributed by atoms with E-state index < -0.39 is 0 Å². The zero-order chi connectivity index (χ0) is 12.8. The molecule has 0 aromatic heterocycles. The number of carbonyl (C=O) groups excluding carboxylic acids is 1. The van der Waals surface area contributed by atoms with Crippen LogP contribution in [0.15, 0.2) is 24.3 Å².